The molecule has 1 atom stereocenters. The predicted octanol–water partition coefficient (Wildman–Crippen LogP) is 3.78. The fourth-order valence-corrected chi connectivity index (χ4v) is 0.434. The number of rotatable bonds is 4. The van der Waals surface area contributed by atoms with Crippen LogP contribution < -0.4 is 5.73 Å². The van der Waals surface area contributed by atoms with E-state index in [-0.39, 0.29) is 11.6 Å². The lowest BCUT2D eigenvalue weighted by Gasteiger charge is -2.14. The molecule has 0 rings (SSSR count). The van der Waals surface area contributed by atoms with Crippen molar-refractivity contribution >= 4 is 13.1 Å². The van der Waals surface area contributed by atoms with Crippen molar-refractivity contribution < 1.29 is 14.3 Å². The number of nitrogens with two attached hydrogens (primary N) is 1. The molecule has 0 amide bonds. The van der Waals surface area contributed by atoms with E-state index in [4.69, 9.17) is 15.3 Å². The van der Waals surface area contributed by atoms with E-state index >= 15 is 0 Å². The van der Waals surface area contributed by atoms with E-state index in [1.54, 1.807) is 13.2 Å². The Morgan fingerprint density at radius 3 is 1.55 bits per heavy atom. The second kappa shape index (κ2) is 30.8. The number of ether oxygens (including phenoxy) is 1. The van der Waals surface area contributed by atoms with E-state index < -0.39 is 0 Å². The van der Waals surface area contributed by atoms with Crippen molar-refractivity contribution in [3.63, 3.8) is 0 Å². The van der Waals surface area contributed by atoms with Gasteiger partial charge in [-0.05, 0) is 27.2 Å². The second-order valence-corrected chi connectivity index (χ2v) is 4.00. The molecule has 0 radical (unpaired) electrons. The Labute approximate surface area is 126 Å². The van der Waals surface area contributed by atoms with Gasteiger partial charge in [-0.1, -0.05) is 33.8 Å². The maximum Gasteiger partial charge on any atom is 0.121 e. The second-order valence-electron chi connectivity index (χ2n) is 4.00. The number of hydrogen-bond acceptors (Lipinski definition) is 4. The molecule has 0 fully saturated rings. The van der Waals surface area contributed by atoms with E-state index in [0.29, 0.717) is 6.42 Å². The van der Waals surface area contributed by atoms with Crippen molar-refractivity contribution in [3.05, 3.63) is 12.7 Å². The summed E-state index contributed by atoms with van der Waals surface area (Å²) in [6.45, 7) is 19.5. The quantitative estimate of drug-likeness (QED) is 0.632. The minimum Gasteiger partial charge on any atom is -0.379 e. The Hall–Kier alpha value is -1.00. The van der Waals surface area contributed by atoms with Gasteiger partial charge in [-0.25, -0.2) is 0 Å². The Bertz CT molecular complexity index is 156. The molecule has 0 aromatic carbocycles. The van der Waals surface area contributed by atoms with Crippen LogP contribution in [0, 0.1) is 0 Å². The molecule has 0 bridgehead atoms. The van der Waals surface area contributed by atoms with Crippen LogP contribution in [-0.2, 0) is 14.3 Å². The van der Waals surface area contributed by atoms with E-state index in [1.807, 2.05) is 55.3 Å². The van der Waals surface area contributed by atoms with Crippen LogP contribution >= 0.6 is 0 Å². The van der Waals surface area contributed by atoms with Crippen molar-refractivity contribution in [3.8, 4) is 0 Å². The minimum absolute atomic E-state index is 0.0231. The first-order valence-electron chi connectivity index (χ1n) is 7.01. The number of aldehydes is 1. The molecule has 4 nitrogen and oxygen atoms in total. The lowest BCUT2D eigenvalue weighted by atomic mass is 10.2. The van der Waals surface area contributed by atoms with Crippen molar-refractivity contribution in [2.24, 2.45) is 5.73 Å². The topological polar surface area (TPSA) is 69.4 Å². The summed E-state index contributed by atoms with van der Waals surface area (Å²) in [6, 6.07) is -0.0231. The van der Waals surface area contributed by atoms with Crippen LogP contribution in [0.5, 0.6) is 0 Å². The summed E-state index contributed by atoms with van der Waals surface area (Å²) in [4.78, 5) is 17.8. The highest BCUT2D eigenvalue weighted by Crippen LogP contribution is 2.02. The van der Waals surface area contributed by atoms with Crippen LogP contribution in [0.25, 0.3) is 0 Å². The molecule has 124 valence electrons. The molecule has 0 spiro atoms. The third-order valence-corrected chi connectivity index (χ3v) is 1.48. The standard InChI is InChI=1S/C6H11NO.C5H12O.2C2H6.CH2O/c1-2-3-6(7)4-5-8;1-5(2,3)6-4;3*1-2/h2,5-6H,1,3-4,7H2;1-4H3;2*1-2H3;1H2. The molecular formula is C16H37NO3. The summed E-state index contributed by atoms with van der Waals surface area (Å²) in [7, 11) is 1.71. The Kier molecular flexibility index (Phi) is 48.3. The number of hydrogen-bond donors (Lipinski definition) is 1. The molecule has 0 aromatic rings. The van der Waals surface area contributed by atoms with E-state index in [9.17, 15) is 4.79 Å². The summed E-state index contributed by atoms with van der Waals surface area (Å²) in [5, 5.41) is 0. The van der Waals surface area contributed by atoms with Crippen molar-refractivity contribution in [2.75, 3.05) is 7.11 Å². The summed E-state index contributed by atoms with van der Waals surface area (Å²) in [6.07, 6.45) is 3.70. The van der Waals surface area contributed by atoms with Gasteiger partial charge < -0.3 is 20.1 Å². The minimum atomic E-state index is -0.0231. The largest absolute Gasteiger partial charge is 0.379 e. The molecule has 20 heavy (non-hydrogen) atoms. The van der Waals surface area contributed by atoms with Crippen molar-refractivity contribution in [1.82, 2.24) is 0 Å². The van der Waals surface area contributed by atoms with Crippen LogP contribution in [0.2, 0.25) is 0 Å². The zero-order valence-corrected chi connectivity index (χ0v) is 14.9. The SMILES string of the molecule is C=CCC(N)CC=O.C=O.CC.CC.COC(C)(C)C. The summed E-state index contributed by atoms with van der Waals surface area (Å²) < 4.78 is 4.94. The molecule has 0 heterocycles. The third kappa shape index (κ3) is 68.0. The number of carbonyl (C=O) groups is 2. The van der Waals surface area contributed by atoms with E-state index in [1.165, 1.54) is 0 Å². The lowest BCUT2D eigenvalue weighted by Crippen LogP contribution is -2.18. The summed E-state index contributed by atoms with van der Waals surface area (Å²) in [5.41, 5.74) is 5.43. The molecule has 0 aliphatic heterocycles. The first-order valence-corrected chi connectivity index (χ1v) is 7.01. The van der Waals surface area contributed by atoms with Crippen LogP contribution in [0.4, 0.5) is 0 Å². The maximum atomic E-state index is 9.78. The van der Waals surface area contributed by atoms with Gasteiger partial charge >= 0.3 is 0 Å². The Morgan fingerprint density at radius 1 is 1.10 bits per heavy atom. The summed E-state index contributed by atoms with van der Waals surface area (Å²) in [5.74, 6) is 0. The zero-order valence-electron chi connectivity index (χ0n) is 14.9. The average molecular weight is 291 g/mol. The number of methoxy groups -OCH3 is 1. The van der Waals surface area contributed by atoms with E-state index in [0.717, 1.165) is 12.7 Å². The normalized spacial score (nSPS) is 9.45. The van der Waals surface area contributed by atoms with Gasteiger partial charge in [0, 0.05) is 19.6 Å². The monoisotopic (exact) mass is 291 g/mol. The van der Waals surface area contributed by atoms with Gasteiger partial charge in [0.25, 0.3) is 0 Å². The predicted molar refractivity (Wildman–Crippen MR) is 90.0 cm³/mol. The highest BCUT2D eigenvalue weighted by atomic mass is 16.5. The van der Waals surface area contributed by atoms with Crippen LogP contribution in [0.3, 0.4) is 0 Å². The van der Waals surface area contributed by atoms with Crippen molar-refractivity contribution in [2.45, 2.75) is 73.0 Å². The first kappa shape index (κ1) is 31.4. The lowest BCUT2D eigenvalue weighted by molar-refractivity contribution is -0.108. The fourth-order valence-electron chi connectivity index (χ4n) is 0.434. The Morgan fingerprint density at radius 2 is 1.40 bits per heavy atom. The van der Waals surface area contributed by atoms with Gasteiger partial charge in [0.1, 0.15) is 13.1 Å². The Balaban J connectivity index is -0.0000000554. The molecule has 0 aliphatic rings. The number of carbonyl (C=O) groups excluding carboxylic acids is 2. The fraction of sp³-hybridized carbons (Fsp3) is 0.750. The molecule has 1 unspecified atom stereocenters. The molecule has 0 saturated heterocycles. The molecule has 0 aliphatic carbocycles. The highest BCUT2D eigenvalue weighted by molar-refractivity contribution is 5.50. The molecule has 2 N–H and O–H groups in total. The van der Waals surface area contributed by atoms with Gasteiger partial charge in [0.2, 0.25) is 0 Å². The van der Waals surface area contributed by atoms with Crippen molar-refractivity contribution in [1.29, 1.82) is 0 Å². The average Bonchev–Trinajstić information content (AvgIpc) is 2.46. The molecule has 0 saturated carbocycles. The molecule has 0 aromatic heterocycles. The molecule has 4 heteroatoms. The highest BCUT2D eigenvalue weighted by Gasteiger charge is 2.04. The zero-order chi connectivity index (χ0) is 17.6. The van der Waals surface area contributed by atoms with Crippen LogP contribution in [-0.4, -0.2) is 31.8 Å². The smallest absolute Gasteiger partial charge is 0.121 e. The maximum absolute atomic E-state index is 9.78. The molecular weight excluding hydrogens is 254 g/mol. The third-order valence-electron chi connectivity index (χ3n) is 1.48. The van der Waals surface area contributed by atoms with Crippen LogP contribution in [0.1, 0.15) is 61.3 Å². The summed E-state index contributed by atoms with van der Waals surface area (Å²) >= 11 is 0. The van der Waals surface area contributed by atoms with Gasteiger partial charge in [-0.3, -0.25) is 0 Å². The van der Waals surface area contributed by atoms with Gasteiger partial charge in [0.15, 0.2) is 0 Å². The van der Waals surface area contributed by atoms with Gasteiger partial charge in [0.05, 0.1) is 5.60 Å². The van der Waals surface area contributed by atoms with E-state index in [2.05, 4.69) is 6.58 Å². The van der Waals surface area contributed by atoms with Gasteiger partial charge in [-0.15, -0.1) is 6.58 Å². The van der Waals surface area contributed by atoms with Gasteiger partial charge in [-0.2, -0.15) is 0 Å². The van der Waals surface area contributed by atoms with Crippen LogP contribution in [0.15, 0.2) is 12.7 Å². The first-order chi connectivity index (χ1) is 9.37.